The number of nitrogens with zero attached hydrogens (tertiary/aromatic N) is 1. The van der Waals surface area contributed by atoms with E-state index in [-0.39, 0.29) is 22.8 Å². The lowest BCUT2D eigenvalue weighted by Gasteiger charge is -2.24. The van der Waals surface area contributed by atoms with E-state index in [4.69, 9.17) is 4.74 Å². The van der Waals surface area contributed by atoms with E-state index in [0.717, 1.165) is 5.69 Å². The first-order valence-electron chi connectivity index (χ1n) is 10.6. The van der Waals surface area contributed by atoms with Gasteiger partial charge >= 0.3 is 0 Å². The van der Waals surface area contributed by atoms with Gasteiger partial charge in [-0.25, -0.2) is 8.42 Å². The van der Waals surface area contributed by atoms with Crippen molar-refractivity contribution in [2.75, 3.05) is 29.8 Å². The van der Waals surface area contributed by atoms with Crippen molar-refractivity contribution in [3.05, 3.63) is 72.1 Å². The summed E-state index contributed by atoms with van der Waals surface area (Å²) in [5, 5.41) is 8.07. The maximum absolute atomic E-state index is 12.6. The molecule has 0 bridgehead atoms. The van der Waals surface area contributed by atoms with Crippen LogP contribution in [0, 0.1) is 5.92 Å². The number of anilines is 2. The van der Waals surface area contributed by atoms with E-state index in [1.165, 1.54) is 22.7 Å². The Bertz CT molecular complexity index is 1120. The van der Waals surface area contributed by atoms with Crippen LogP contribution in [-0.2, 0) is 14.8 Å². The highest BCUT2D eigenvalue weighted by molar-refractivity contribution is 7.94. The monoisotopic (exact) mass is 487 g/mol. The highest BCUT2D eigenvalue weighted by Gasteiger charge is 2.22. The highest BCUT2D eigenvalue weighted by Crippen LogP contribution is 2.26. The van der Waals surface area contributed by atoms with Crippen molar-refractivity contribution in [3.8, 4) is 5.75 Å². The summed E-state index contributed by atoms with van der Waals surface area (Å²) in [7, 11) is -2.08. The third-order valence-electron chi connectivity index (χ3n) is 5.13. The predicted octanol–water partition coefficient (Wildman–Crippen LogP) is 4.20. The molecule has 0 spiro atoms. The van der Waals surface area contributed by atoms with Crippen LogP contribution in [0.2, 0.25) is 0 Å². The van der Waals surface area contributed by atoms with Crippen molar-refractivity contribution in [3.63, 3.8) is 0 Å². The van der Waals surface area contributed by atoms with Gasteiger partial charge in [0.25, 0.3) is 15.9 Å². The maximum Gasteiger partial charge on any atom is 0.273 e. The van der Waals surface area contributed by atoms with Crippen molar-refractivity contribution in [2.45, 2.75) is 24.1 Å². The molecule has 9 heteroatoms. The SMILES string of the molecule is CC(C)C(CNC(=O)COc1ccc(N(C)S(=O)(=O)c2cccs2)cc1)Nc1ccccc1. The molecule has 0 aliphatic rings. The standard InChI is InChI=1S/C24H29N3O4S2/c1-18(2)22(26-19-8-5-4-6-9-19)16-25-23(28)17-31-21-13-11-20(12-14-21)27(3)33(29,30)24-10-7-15-32-24/h4-15,18,22,26H,16-17H2,1-3H3,(H,25,28). The molecule has 0 aliphatic carbocycles. The number of hydrogen-bond acceptors (Lipinski definition) is 6. The van der Waals surface area contributed by atoms with E-state index in [2.05, 4.69) is 24.5 Å². The summed E-state index contributed by atoms with van der Waals surface area (Å²) in [4.78, 5) is 12.3. The van der Waals surface area contributed by atoms with Crippen molar-refractivity contribution < 1.29 is 17.9 Å². The normalized spacial score (nSPS) is 12.2. The van der Waals surface area contributed by atoms with Crippen molar-refractivity contribution >= 4 is 38.6 Å². The van der Waals surface area contributed by atoms with Crippen LogP contribution in [0.15, 0.2) is 76.3 Å². The quantitative estimate of drug-likeness (QED) is 0.423. The third-order valence-corrected chi connectivity index (χ3v) is 8.29. The molecule has 176 valence electrons. The lowest BCUT2D eigenvalue weighted by atomic mass is 10.0. The number of sulfonamides is 1. The smallest absolute Gasteiger partial charge is 0.273 e. The second-order valence-corrected chi connectivity index (χ2v) is 11.0. The molecule has 2 aromatic carbocycles. The zero-order valence-electron chi connectivity index (χ0n) is 18.9. The fourth-order valence-corrected chi connectivity index (χ4v) is 5.42. The molecule has 3 rings (SSSR count). The van der Waals surface area contributed by atoms with Crippen molar-refractivity contribution in [1.82, 2.24) is 5.32 Å². The minimum Gasteiger partial charge on any atom is -0.484 e. The Hall–Kier alpha value is -3.04. The Morgan fingerprint density at radius 3 is 2.33 bits per heavy atom. The highest BCUT2D eigenvalue weighted by atomic mass is 32.2. The van der Waals surface area contributed by atoms with Crippen LogP contribution in [0.3, 0.4) is 0 Å². The number of rotatable bonds is 11. The fraction of sp³-hybridized carbons (Fsp3) is 0.292. The van der Waals surface area contributed by atoms with Crippen LogP contribution in [0.4, 0.5) is 11.4 Å². The first-order chi connectivity index (χ1) is 15.8. The molecule has 0 saturated heterocycles. The lowest BCUT2D eigenvalue weighted by molar-refractivity contribution is -0.123. The van der Waals surface area contributed by atoms with Crippen LogP contribution in [0.5, 0.6) is 5.75 Å². The summed E-state index contributed by atoms with van der Waals surface area (Å²) in [6.45, 7) is 4.54. The van der Waals surface area contributed by atoms with Gasteiger partial charge in [0.2, 0.25) is 0 Å². The van der Waals surface area contributed by atoms with Gasteiger partial charge in [0.1, 0.15) is 9.96 Å². The first-order valence-corrected chi connectivity index (χ1v) is 12.9. The van der Waals surface area contributed by atoms with Crippen LogP contribution < -0.4 is 19.7 Å². The molecule has 1 atom stereocenters. The Kier molecular flexibility index (Phi) is 8.35. The van der Waals surface area contributed by atoms with Gasteiger partial charge < -0.3 is 15.4 Å². The Labute approximate surface area is 199 Å². The summed E-state index contributed by atoms with van der Waals surface area (Å²) in [6, 6.07) is 19.8. The van der Waals surface area contributed by atoms with Crippen LogP contribution in [-0.4, -0.2) is 40.6 Å². The molecule has 1 amide bonds. The van der Waals surface area contributed by atoms with Gasteiger partial charge in [0, 0.05) is 25.3 Å². The minimum absolute atomic E-state index is 0.0801. The molecule has 2 N–H and O–H groups in total. The first kappa shape index (κ1) is 24.6. The van der Waals surface area contributed by atoms with Gasteiger partial charge in [-0.1, -0.05) is 38.1 Å². The topological polar surface area (TPSA) is 87.7 Å². The number of amides is 1. The average Bonchev–Trinajstić information content (AvgIpc) is 3.37. The Morgan fingerprint density at radius 1 is 1.03 bits per heavy atom. The van der Waals surface area contributed by atoms with Crippen molar-refractivity contribution in [1.29, 1.82) is 0 Å². The molecule has 1 aromatic heterocycles. The fourth-order valence-electron chi connectivity index (χ4n) is 3.06. The summed E-state index contributed by atoms with van der Waals surface area (Å²) in [6.07, 6.45) is 0. The van der Waals surface area contributed by atoms with E-state index in [1.807, 2.05) is 30.3 Å². The molecule has 3 aromatic rings. The molecule has 7 nitrogen and oxygen atoms in total. The van der Waals surface area contributed by atoms with E-state index in [1.54, 1.807) is 41.8 Å². The molecule has 0 fully saturated rings. The Morgan fingerprint density at radius 2 is 1.73 bits per heavy atom. The maximum atomic E-state index is 12.6. The third kappa shape index (κ3) is 6.72. The lowest BCUT2D eigenvalue weighted by Crippen LogP contribution is -2.41. The van der Waals surface area contributed by atoms with E-state index >= 15 is 0 Å². The molecule has 0 aliphatic heterocycles. The van der Waals surface area contributed by atoms with Crippen molar-refractivity contribution in [2.24, 2.45) is 5.92 Å². The molecule has 33 heavy (non-hydrogen) atoms. The van der Waals surface area contributed by atoms with Gasteiger partial charge in [-0.3, -0.25) is 9.10 Å². The second kappa shape index (κ2) is 11.2. The zero-order valence-corrected chi connectivity index (χ0v) is 20.5. The predicted molar refractivity (Wildman–Crippen MR) is 134 cm³/mol. The summed E-state index contributed by atoms with van der Waals surface area (Å²) >= 11 is 1.17. The second-order valence-electron chi connectivity index (χ2n) is 7.85. The number of hydrogen-bond donors (Lipinski definition) is 2. The minimum atomic E-state index is -3.59. The van der Waals surface area contributed by atoms with Gasteiger partial charge in [-0.2, -0.15) is 0 Å². The van der Waals surface area contributed by atoms with E-state index < -0.39 is 10.0 Å². The molecular weight excluding hydrogens is 458 g/mol. The van der Waals surface area contributed by atoms with Gasteiger partial charge in [-0.05, 0) is 53.8 Å². The molecule has 0 saturated carbocycles. The van der Waals surface area contributed by atoms with Crippen LogP contribution in [0.1, 0.15) is 13.8 Å². The van der Waals surface area contributed by atoms with E-state index in [0.29, 0.717) is 23.9 Å². The molecular formula is C24H29N3O4S2. The zero-order chi connectivity index (χ0) is 23.8. The van der Waals surface area contributed by atoms with Gasteiger partial charge in [0.15, 0.2) is 6.61 Å². The number of para-hydroxylation sites is 1. The summed E-state index contributed by atoms with van der Waals surface area (Å²) < 4.78 is 32.3. The average molecular weight is 488 g/mol. The number of carbonyl (C=O) groups is 1. The van der Waals surface area contributed by atoms with E-state index in [9.17, 15) is 13.2 Å². The Balaban J connectivity index is 1.50. The number of thiophene rings is 1. The van der Waals surface area contributed by atoms with Crippen LogP contribution >= 0.6 is 11.3 Å². The van der Waals surface area contributed by atoms with Gasteiger partial charge in [0.05, 0.1) is 5.69 Å². The summed E-state index contributed by atoms with van der Waals surface area (Å²) in [5.41, 5.74) is 1.51. The molecule has 1 heterocycles. The number of benzene rings is 2. The summed E-state index contributed by atoms with van der Waals surface area (Å²) in [5.74, 6) is 0.581. The number of carbonyl (C=O) groups excluding carboxylic acids is 1. The number of ether oxygens (including phenoxy) is 1. The largest absolute Gasteiger partial charge is 0.484 e. The van der Waals surface area contributed by atoms with Crippen LogP contribution in [0.25, 0.3) is 0 Å². The molecule has 0 radical (unpaired) electrons. The van der Waals surface area contributed by atoms with Gasteiger partial charge in [-0.15, -0.1) is 11.3 Å². The number of nitrogens with one attached hydrogen (secondary N) is 2. The molecule has 1 unspecified atom stereocenters.